The van der Waals surface area contributed by atoms with Crippen LogP contribution in [0.4, 0.5) is 5.69 Å². The van der Waals surface area contributed by atoms with Gasteiger partial charge in [-0.1, -0.05) is 6.07 Å². The number of carbonyl (C=O) groups is 2. The van der Waals surface area contributed by atoms with Crippen LogP contribution < -0.4 is 10.6 Å². The lowest BCUT2D eigenvalue weighted by Crippen LogP contribution is -2.35. The van der Waals surface area contributed by atoms with Crippen LogP contribution in [-0.4, -0.2) is 26.7 Å². The Labute approximate surface area is 128 Å². The Morgan fingerprint density at radius 1 is 1.27 bits per heavy atom. The molecule has 116 valence electrons. The van der Waals surface area contributed by atoms with Crippen molar-refractivity contribution in [1.82, 2.24) is 15.1 Å². The highest BCUT2D eigenvalue weighted by atomic mass is 16.3. The maximum Gasteiger partial charge on any atom is 0.313 e. The molecule has 22 heavy (non-hydrogen) atoms. The van der Waals surface area contributed by atoms with Crippen LogP contribution in [0.3, 0.4) is 0 Å². The molecule has 2 amide bonds. The van der Waals surface area contributed by atoms with Crippen molar-refractivity contribution in [2.24, 2.45) is 7.05 Å². The molecule has 7 heteroatoms. The maximum absolute atomic E-state index is 11.8. The van der Waals surface area contributed by atoms with E-state index in [0.29, 0.717) is 5.69 Å². The number of aromatic nitrogens is 2. The van der Waals surface area contributed by atoms with Crippen LogP contribution in [-0.2, 0) is 23.2 Å². The van der Waals surface area contributed by atoms with Gasteiger partial charge in [0, 0.05) is 36.6 Å². The molecule has 0 saturated heterocycles. The highest BCUT2D eigenvalue weighted by Crippen LogP contribution is 2.15. The van der Waals surface area contributed by atoms with E-state index in [2.05, 4.69) is 15.7 Å². The molecule has 0 bridgehead atoms. The first-order valence-electron chi connectivity index (χ1n) is 6.75. The quantitative estimate of drug-likeness (QED) is 0.737. The van der Waals surface area contributed by atoms with Crippen molar-refractivity contribution >= 4 is 17.5 Å². The number of hydrogen-bond donors (Lipinski definition) is 3. The molecule has 0 fully saturated rings. The number of nitrogens with one attached hydrogen (secondary N) is 2. The van der Waals surface area contributed by atoms with Crippen LogP contribution in [0.2, 0.25) is 0 Å². The second kappa shape index (κ2) is 6.30. The Kier molecular flexibility index (Phi) is 4.45. The third-order valence-corrected chi connectivity index (χ3v) is 3.39. The zero-order valence-electron chi connectivity index (χ0n) is 12.7. The van der Waals surface area contributed by atoms with E-state index < -0.39 is 11.8 Å². The molecule has 1 aromatic heterocycles. The molecule has 0 saturated carbocycles. The summed E-state index contributed by atoms with van der Waals surface area (Å²) in [6.45, 7) is 3.98. The number of hydrogen-bond acceptors (Lipinski definition) is 4. The summed E-state index contributed by atoms with van der Waals surface area (Å²) in [6.07, 6.45) is 0. The summed E-state index contributed by atoms with van der Waals surface area (Å²) in [5, 5.41) is 18.5. The first-order valence-corrected chi connectivity index (χ1v) is 6.75. The van der Waals surface area contributed by atoms with Crippen LogP contribution in [0.25, 0.3) is 0 Å². The summed E-state index contributed by atoms with van der Waals surface area (Å²) in [5.74, 6) is -1.52. The normalized spacial score (nSPS) is 10.3. The number of amides is 2. The van der Waals surface area contributed by atoms with Gasteiger partial charge in [-0.2, -0.15) is 5.10 Å². The average molecular weight is 302 g/mol. The second-order valence-electron chi connectivity index (χ2n) is 4.96. The number of anilines is 1. The third kappa shape index (κ3) is 3.43. The fraction of sp³-hybridized carbons (Fsp3) is 0.267. The summed E-state index contributed by atoms with van der Waals surface area (Å²) in [6, 6.07) is 6.00. The minimum Gasteiger partial charge on any atom is -0.508 e. The summed E-state index contributed by atoms with van der Waals surface area (Å²) in [5.41, 5.74) is 3.00. The fourth-order valence-electron chi connectivity index (χ4n) is 2.09. The van der Waals surface area contributed by atoms with Gasteiger partial charge in [0.2, 0.25) is 0 Å². The molecular weight excluding hydrogens is 284 g/mol. The number of aromatic hydroxyl groups is 1. The highest BCUT2D eigenvalue weighted by molar-refractivity contribution is 6.39. The van der Waals surface area contributed by atoms with E-state index in [1.807, 2.05) is 20.9 Å². The van der Waals surface area contributed by atoms with Gasteiger partial charge in [0.25, 0.3) is 0 Å². The SMILES string of the molecule is Cc1nn(C)c(C)c1CNC(=O)C(=O)Nc1cccc(O)c1. The first kappa shape index (κ1) is 15.6. The molecule has 1 heterocycles. The minimum absolute atomic E-state index is 0.0137. The molecule has 0 aliphatic heterocycles. The van der Waals surface area contributed by atoms with Gasteiger partial charge in [-0.05, 0) is 26.0 Å². The monoisotopic (exact) mass is 302 g/mol. The first-order chi connectivity index (χ1) is 10.4. The van der Waals surface area contributed by atoms with E-state index in [-0.39, 0.29) is 12.3 Å². The van der Waals surface area contributed by atoms with Crippen molar-refractivity contribution in [1.29, 1.82) is 0 Å². The molecule has 1 aromatic carbocycles. The summed E-state index contributed by atoms with van der Waals surface area (Å²) in [7, 11) is 1.82. The minimum atomic E-state index is -0.787. The summed E-state index contributed by atoms with van der Waals surface area (Å²) in [4.78, 5) is 23.6. The van der Waals surface area contributed by atoms with Gasteiger partial charge in [0.05, 0.1) is 5.69 Å². The predicted octanol–water partition coefficient (Wildman–Crippen LogP) is 0.997. The van der Waals surface area contributed by atoms with Gasteiger partial charge in [-0.15, -0.1) is 0 Å². The van der Waals surface area contributed by atoms with Crippen molar-refractivity contribution in [3.05, 3.63) is 41.2 Å². The van der Waals surface area contributed by atoms with E-state index in [9.17, 15) is 14.7 Å². The van der Waals surface area contributed by atoms with Crippen molar-refractivity contribution in [3.8, 4) is 5.75 Å². The topological polar surface area (TPSA) is 96.2 Å². The maximum atomic E-state index is 11.8. The predicted molar refractivity (Wildman–Crippen MR) is 81.3 cm³/mol. The van der Waals surface area contributed by atoms with Crippen LogP contribution in [0.15, 0.2) is 24.3 Å². The molecule has 0 unspecified atom stereocenters. The van der Waals surface area contributed by atoms with Crippen LogP contribution in [0.5, 0.6) is 5.75 Å². The molecule has 0 radical (unpaired) electrons. The van der Waals surface area contributed by atoms with Crippen molar-refractivity contribution < 1.29 is 14.7 Å². The van der Waals surface area contributed by atoms with Gasteiger partial charge < -0.3 is 15.7 Å². The van der Waals surface area contributed by atoms with E-state index >= 15 is 0 Å². The number of nitrogens with zero attached hydrogens (tertiary/aromatic N) is 2. The summed E-state index contributed by atoms with van der Waals surface area (Å²) < 4.78 is 1.73. The van der Waals surface area contributed by atoms with Gasteiger partial charge in [-0.25, -0.2) is 0 Å². The second-order valence-corrected chi connectivity index (χ2v) is 4.96. The summed E-state index contributed by atoms with van der Waals surface area (Å²) >= 11 is 0. The highest BCUT2D eigenvalue weighted by Gasteiger charge is 2.16. The molecule has 0 atom stereocenters. The average Bonchev–Trinajstić information content (AvgIpc) is 2.70. The Morgan fingerprint density at radius 2 is 2.00 bits per heavy atom. The van der Waals surface area contributed by atoms with Crippen LogP contribution >= 0.6 is 0 Å². The lowest BCUT2D eigenvalue weighted by atomic mass is 10.2. The molecule has 0 aliphatic carbocycles. The fourth-order valence-corrected chi connectivity index (χ4v) is 2.09. The molecule has 0 spiro atoms. The molecule has 0 aliphatic rings. The van der Waals surface area contributed by atoms with Gasteiger partial charge in [0.15, 0.2) is 0 Å². The van der Waals surface area contributed by atoms with Crippen LogP contribution in [0.1, 0.15) is 17.0 Å². The van der Waals surface area contributed by atoms with Crippen LogP contribution in [0, 0.1) is 13.8 Å². The van der Waals surface area contributed by atoms with Crippen molar-refractivity contribution in [2.75, 3.05) is 5.32 Å². The van der Waals surface area contributed by atoms with E-state index in [1.54, 1.807) is 16.8 Å². The Bertz CT molecular complexity index is 722. The molecule has 2 rings (SSSR count). The molecule has 3 N–H and O–H groups in total. The molecule has 2 aromatic rings. The number of phenols is 1. The number of benzene rings is 1. The van der Waals surface area contributed by atoms with E-state index in [1.165, 1.54) is 12.1 Å². The standard InChI is InChI=1S/C15H18N4O3/c1-9-13(10(2)19(3)18-9)8-16-14(21)15(22)17-11-5-4-6-12(20)7-11/h4-7,20H,8H2,1-3H3,(H,16,21)(H,17,22). The Balaban J connectivity index is 1.96. The lowest BCUT2D eigenvalue weighted by Gasteiger charge is -2.07. The third-order valence-electron chi connectivity index (χ3n) is 3.39. The largest absolute Gasteiger partial charge is 0.508 e. The van der Waals surface area contributed by atoms with Gasteiger partial charge in [0.1, 0.15) is 5.75 Å². The number of phenolic OH excluding ortho intramolecular Hbond substituents is 1. The zero-order chi connectivity index (χ0) is 16.3. The van der Waals surface area contributed by atoms with E-state index in [4.69, 9.17) is 0 Å². The van der Waals surface area contributed by atoms with Gasteiger partial charge in [-0.3, -0.25) is 14.3 Å². The molecular formula is C15H18N4O3. The lowest BCUT2D eigenvalue weighted by molar-refractivity contribution is -0.136. The number of rotatable bonds is 3. The van der Waals surface area contributed by atoms with E-state index in [0.717, 1.165) is 17.0 Å². The Hall–Kier alpha value is -2.83. The van der Waals surface area contributed by atoms with Gasteiger partial charge >= 0.3 is 11.8 Å². The Morgan fingerprint density at radius 3 is 2.59 bits per heavy atom. The smallest absolute Gasteiger partial charge is 0.313 e. The van der Waals surface area contributed by atoms with Crippen molar-refractivity contribution in [3.63, 3.8) is 0 Å². The zero-order valence-corrected chi connectivity index (χ0v) is 12.7. The van der Waals surface area contributed by atoms with Crippen molar-refractivity contribution in [2.45, 2.75) is 20.4 Å². The number of aryl methyl sites for hydroxylation is 2. The molecule has 7 nitrogen and oxygen atoms in total. The number of carbonyl (C=O) groups excluding carboxylic acids is 2.